The number of aromatic nitrogens is 3. The zero-order chi connectivity index (χ0) is 18.3. The summed E-state index contributed by atoms with van der Waals surface area (Å²) in [4.78, 5) is 10.8. The lowest BCUT2D eigenvalue weighted by atomic mass is 10.1. The minimum atomic E-state index is -4.42. The third-order valence-electron chi connectivity index (χ3n) is 4.79. The standard InChI is InChI=1S/C18H19F3N4O/c1-12-22-11-14-13-3-2-4-15(18(19,20)21)16(13)25(17(14)23-12)6-5-24-7-9-26-10-8-24/h2-4,11H,5-10H2,1H3. The van der Waals surface area contributed by atoms with Crippen molar-refractivity contribution in [3.8, 4) is 0 Å². The Morgan fingerprint density at radius 2 is 1.88 bits per heavy atom. The maximum atomic E-state index is 13.6. The number of nitrogens with zero attached hydrogens (tertiary/aromatic N) is 4. The highest BCUT2D eigenvalue weighted by Crippen LogP contribution is 2.38. The van der Waals surface area contributed by atoms with Gasteiger partial charge in [0.15, 0.2) is 0 Å². The number of alkyl halides is 3. The van der Waals surface area contributed by atoms with Crippen molar-refractivity contribution in [1.82, 2.24) is 19.4 Å². The molecular formula is C18H19F3N4O. The van der Waals surface area contributed by atoms with Crippen LogP contribution in [0, 0.1) is 6.92 Å². The topological polar surface area (TPSA) is 43.2 Å². The van der Waals surface area contributed by atoms with E-state index in [-0.39, 0.29) is 5.52 Å². The molecule has 2 aromatic heterocycles. The molecule has 3 aromatic rings. The number of para-hydroxylation sites is 1. The van der Waals surface area contributed by atoms with E-state index in [2.05, 4.69) is 14.9 Å². The Labute approximate surface area is 148 Å². The summed E-state index contributed by atoms with van der Waals surface area (Å²) in [5.41, 5.74) is 0.105. The molecule has 5 nitrogen and oxygen atoms in total. The van der Waals surface area contributed by atoms with Gasteiger partial charge < -0.3 is 9.30 Å². The molecular weight excluding hydrogens is 345 g/mol. The van der Waals surface area contributed by atoms with E-state index in [1.54, 1.807) is 23.8 Å². The summed E-state index contributed by atoms with van der Waals surface area (Å²) >= 11 is 0. The molecule has 1 saturated heterocycles. The minimum absolute atomic E-state index is 0.183. The third kappa shape index (κ3) is 3.03. The van der Waals surface area contributed by atoms with Crippen LogP contribution in [0.5, 0.6) is 0 Å². The first-order valence-electron chi connectivity index (χ1n) is 8.57. The summed E-state index contributed by atoms with van der Waals surface area (Å²) in [5.74, 6) is 0.543. The molecule has 26 heavy (non-hydrogen) atoms. The zero-order valence-corrected chi connectivity index (χ0v) is 14.4. The van der Waals surface area contributed by atoms with Crippen LogP contribution in [0.4, 0.5) is 13.2 Å². The average molecular weight is 364 g/mol. The number of benzene rings is 1. The molecule has 4 rings (SSSR count). The van der Waals surface area contributed by atoms with Crippen LogP contribution in [-0.2, 0) is 17.5 Å². The second-order valence-electron chi connectivity index (χ2n) is 6.46. The van der Waals surface area contributed by atoms with Gasteiger partial charge in [0.1, 0.15) is 11.5 Å². The third-order valence-corrected chi connectivity index (χ3v) is 4.79. The number of ether oxygens (including phenoxy) is 1. The highest BCUT2D eigenvalue weighted by molar-refractivity contribution is 6.07. The second-order valence-corrected chi connectivity index (χ2v) is 6.46. The Kier molecular flexibility index (Phi) is 4.32. The van der Waals surface area contributed by atoms with Crippen molar-refractivity contribution in [2.45, 2.75) is 19.6 Å². The van der Waals surface area contributed by atoms with Crippen LogP contribution in [0.15, 0.2) is 24.4 Å². The smallest absolute Gasteiger partial charge is 0.379 e. The van der Waals surface area contributed by atoms with Gasteiger partial charge in [-0.2, -0.15) is 13.2 Å². The monoisotopic (exact) mass is 364 g/mol. The number of aryl methyl sites for hydroxylation is 1. The largest absolute Gasteiger partial charge is 0.418 e. The van der Waals surface area contributed by atoms with E-state index in [9.17, 15) is 13.2 Å². The molecule has 1 fully saturated rings. The number of rotatable bonds is 3. The van der Waals surface area contributed by atoms with Gasteiger partial charge in [-0.05, 0) is 13.0 Å². The van der Waals surface area contributed by atoms with Gasteiger partial charge in [0.05, 0.1) is 24.3 Å². The molecule has 8 heteroatoms. The lowest BCUT2D eigenvalue weighted by Gasteiger charge is -2.27. The van der Waals surface area contributed by atoms with Crippen LogP contribution in [0.1, 0.15) is 11.4 Å². The first-order valence-corrected chi connectivity index (χ1v) is 8.57. The lowest BCUT2D eigenvalue weighted by molar-refractivity contribution is -0.136. The van der Waals surface area contributed by atoms with Gasteiger partial charge in [-0.15, -0.1) is 0 Å². The summed E-state index contributed by atoms with van der Waals surface area (Å²) in [6, 6.07) is 4.28. The van der Waals surface area contributed by atoms with Crippen molar-refractivity contribution < 1.29 is 17.9 Å². The van der Waals surface area contributed by atoms with Gasteiger partial charge >= 0.3 is 6.18 Å². The van der Waals surface area contributed by atoms with Gasteiger partial charge in [-0.3, -0.25) is 4.90 Å². The Morgan fingerprint density at radius 3 is 2.62 bits per heavy atom. The van der Waals surface area contributed by atoms with Crippen molar-refractivity contribution in [1.29, 1.82) is 0 Å². The number of hydrogen-bond donors (Lipinski definition) is 0. The van der Waals surface area contributed by atoms with E-state index < -0.39 is 11.7 Å². The molecule has 0 atom stereocenters. The van der Waals surface area contributed by atoms with Crippen molar-refractivity contribution in [3.05, 3.63) is 35.8 Å². The van der Waals surface area contributed by atoms with E-state index in [0.29, 0.717) is 48.5 Å². The van der Waals surface area contributed by atoms with E-state index >= 15 is 0 Å². The maximum absolute atomic E-state index is 13.6. The quantitative estimate of drug-likeness (QED) is 0.716. The van der Waals surface area contributed by atoms with Gasteiger partial charge in [0, 0.05) is 43.1 Å². The van der Waals surface area contributed by atoms with Crippen molar-refractivity contribution in [2.75, 3.05) is 32.8 Å². The predicted octanol–water partition coefficient (Wildman–Crippen LogP) is 3.24. The Bertz CT molecular complexity index is 945. The summed E-state index contributed by atoms with van der Waals surface area (Å²) in [7, 11) is 0. The molecule has 3 heterocycles. The fourth-order valence-electron chi connectivity index (χ4n) is 3.52. The number of hydrogen-bond acceptors (Lipinski definition) is 4. The summed E-state index contributed by atoms with van der Waals surface area (Å²) in [6.45, 7) is 5.72. The van der Waals surface area contributed by atoms with Crippen molar-refractivity contribution >= 4 is 21.9 Å². The average Bonchev–Trinajstić information content (AvgIpc) is 2.92. The fraction of sp³-hybridized carbons (Fsp3) is 0.444. The van der Waals surface area contributed by atoms with Gasteiger partial charge in [-0.25, -0.2) is 9.97 Å². The van der Waals surface area contributed by atoms with Crippen molar-refractivity contribution in [3.63, 3.8) is 0 Å². The summed E-state index contributed by atoms with van der Waals surface area (Å²) < 4.78 is 47.9. The minimum Gasteiger partial charge on any atom is -0.379 e. The number of fused-ring (bicyclic) bond motifs is 3. The molecule has 1 aliphatic heterocycles. The van der Waals surface area contributed by atoms with Crippen LogP contribution in [-0.4, -0.2) is 52.3 Å². The Balaban J connectivity index is 1.87. The molecule has 0 bridgehead atoms. The van der Waals surface area contributed by atoms with Crippen LogP contribution in [0.2, 0.25) is 0 Å². The first-order chi connectivity index (χ1) is 12.4. The second kappa shape index (κ2) is 6.51. The first kappa shape index (κ1) is 17.2. The predicted molar refractivity (Wildman–Crippen MR) is 92.0 cm³/mol. The van der Waals surface area contributed by atoms with E-state index in [4.69, 9.17) is 4.74 Å². The molecule has 1 aliphatic rings. The number of morpholine rings is 1. The van der Waals surface area contributed by atoms with Crippen LogP contribution < -0.4 is 0 Å². The van der Waals surface area contributed by atoms with E-state index in [1.807, 2.05) is 0 Å². The highest BCUT2D eigenvalue weighted by atomic mass is 19.4. The van der Waals surface area contributed by atoms with Gasteiger partial charge in [0.2, 0.25) is 0 Å². The molecule has 0 N–H and O–H groups in total. The molecule has 0 radical (unpaired) electrons. The van der Waals surface area contributed by atoms with Crippen LogP contribution in [0.3, 0.4) is 0 Å². The van der Waals surface area contributed by atoms with Gasteiger partial charge in [0.25, 0.3) is 0 Å². The normalized spacial score (nSPS) is 16.6. The molecule has 0 unspecified atom stereocenters. The van der Waals surface area contributed by atoms with Crippen LogP contribution in [0.25, 0.3) is 21.9 Å². The zero-order valence-electron chi connectivity index (χ0n) is 14.4. The van der Waals surface area contributed by atoms with E-state index in [0.717, 1.165) is 19.2 Å². The van der Waals surface area contributed by atoms with E-state index in [1.165, 1.54) is 6.07 Å². The summed E-state index contributed by atoms with van der Waals surface area (Å²) in [6.07, 6.45) is -2.81. The molecule has 0 amide bonds. The lowest BCUT2D eigenvalue weighted by Crippen LogP contribution is -2.38. The fourth-order valence-corrected chi connectivity index (χ4v) is 3.52. The molecule has 1 aromatic carbocycles. The highest BCUT2D eigenvalue weighted by Gasteiger charge is 2.34. The van der Waals surface area contributed by atoms with Crippen molar-refractivity contribution in [2.24, 2.45) is 0 Å². The van der Waals surface area contributed by atoms with Gasteiger partial charge in [-0.1, -0.05) is 12.1 Å². The molecule has 0 aliphatic carbocycles. The number of halogens is 3. The van der Waals surface area contributed by atoms with Crippen LogP contribution >= 0.6 is 0 Å². The maximum Gasteiger partial charge on any atom is 0.418 e. The summed E-state index contributed by atoms with van der Waals surface area (Å²) in [5, 5.41) is 1.19. The molecule has 138 valence electrons. The SMILES string of the molecule is Cc1ncc2c3cccc(C(F)(F)F)c3n(CCN3CCOCC3)c2n1. The molecule has 0 saturated carbocycles. The Hall–Kier alpha value is -2.19. The Morgan fingerprint density at radius 1 is 1.12 bits per heavy atom. The molecule has 0 spiro atoms.